The average Bonchev–Trinajstić information content (AvgIpc) is 2.94. The fraction of sp³-hybridized carbons (Fsp3) is 0.667. The van der Waals surface area contributed by atoms with Crippen molar-refractivity contribution in [3.8, 4) is 0 Å². The van der Waals surface area contributed by atoms with Crippen LogP contribution in [0.2, 0.25) is 0 Å². The molecular weight excluding hydrogens is 230 g/mol. The summed E-state index contributed by atoms with van der Waals surface area (Å²) < 4.78 is 1.65. The Morgan fingerprint density at radius 2 is 2.44 bits per heavy atom. The standard InChI is InChI=1S/C12H21N5O/c1-16-5-3-4-10(16)7-14-12(18)11(13)9-6-15-17(2)8-9/h6,8,10-11H,3-5,7,13H2,1-2H3,(H,14,18). The maximum atomic E-state index is 11.9. The summed E-state index contributed by atoms with van der Waals surface area (Å²) in [5.41, 5.74) is 6.64. The first kappa shape index (κ1) is 13.0. The molecule has 2 rings (SSSR count). The minimum Gasteiger partial charge on any atom is -0.353 e. The molecule has 2 heterocycles. The van der Waals surface area contributed by atoms with Crippen LogP contribution < -0.4 is 11.1 Å². The van der Waals surface area contributed by atoms with Gasteiger partial charge in [0.2, 0.25) is 5.91 Å². The van der Waals surface area contributed by atoms with Crippen LogP contribution >= 0.6 is 0 Å². The van der Waals surface area contributed by atoms with Crippen molar-refractivity contribution in [3.05, 3.63) is 18.0 Å². The Kier molecular flexibility index (Phi) is 3.98. The van der Waals surface area contributed by atoms with E-state index in [1.165, 1.54) is 6.42 Å². The number of nitrogens with one attached hydrogen (secondary N) is 1. The van der Waals surface area contributed by atoms with E-state index in [0.717, 1.165) is 18.5 Å². The first-order valence-electron chi connectivity index (χ1n) is 6.30. The zero-order valence-electron chi connectivity index (χ0n) is 11.0. The highest BCUT2D eigenvalue weighted by atomic mass is 16.2. The second-order valence-corrected chi connectivity index (χ2v) is 4.95. The van der Waals surface area contributed by atoms with Crippen molar-refractivity contribution in [2.45, 2.75) is 24.9 Å². The molecule has 0 saturated carbocycles. The van der Waals surface area contributed by atoms with Crippen molar-refractivity contribution in [2.24, 2.45) is 12.8 Å². The Morgan fingerprint density at radius 1 is 1.67 bits per heavy atom. The summed E-state index contributed by atoms with van der Waals surface area (Å²) >= 11 is 0. The Labute approximate surface area is 107 Å². The highest BCUT2D eigenvalue weighted by molar-refractivity contribution is 5.82. The number of likely N-dealkylation sites (tertiary alicyclic amines) is 1. The van der Waals surface area contributed by atoms with Crippen molar-refractivity contribution >= 4 is 5.91 Å². The third-order valence-corrected chi connectivity index (χ3v) is 3.55. The molecule has 0 spiro atoms. The maximum absolute atomic E-state index is 11.9. The van der Waals surface area contributed by atoms with Crippen molar-refractivity contribution < 1.29 is 4.79 Å². The fourth-order valence-corrected chi connectivity index (χ4v) is 2.32. The van der Waals surface area contributed by atoms with Crippen LogP contribution in [0.1, 0.15) is 24.4 Å². The van der Waals surface area contributed by atoms with E-state index in [0.29, 0.717) is 12.6 Å². The number of aromatic nitrogens is 2. The van der Waals surface area contributed by atoms with Gasteiger partial charge in [0.25, 0.3) is 0 Å². The topological polar surface area (TPSA) is 76.2 Å². The largest absolute Gasteiger partial charge is 0.353 e. The highest BCUT2D eigenvalue weighted by Gasteiger charge is 2.23. The molecule has 0 aliphatic carbocycles. The molecule has 2 atom stereocenters. The van der Waals surface area contributed by atoms with E-state index in [1.54, 1.807) is 17.1 Å². The summed E-state index contributed by atoms with van der Waals surface area (Å²) in [4.78, 5) is 14.2. The maximum Gasteiger partial charge on any atom is 0.241 e. The highest BCUT2D eigenvalue weighted by Crippen LogP contribution is 2.14. The zero-order valence-corrected chi connectivity index (χ0v) is 11.0. The number of nitrogens with two attached hydrogens (primary N) is 1. The molecule has 1 aromatic rings. The van der Waals surface area contributed by atoms with Gasteiger partial charge in [-0.25, -0.2) is 0 Å². The number of hydrogen-bond acceptors (Lipinski definition) is 4. The molecule has 6 nitrogen and oxygen atoms in total. The molecule has 6 heteroatoms. The number of nitrogens with zero attached hydrogens (tertiary/aromatic N) is 3. The van der Waals surface area contributed by atoms with Crippen molar-refractivity contribution in [1.29, 1.82) is 0 Å². The summed E-state index contributed by atoms with van der Waals surface area (Å²) in [5, 5.41) is 6.94. The molecule has 1 fully saturated rings. The van der Waals surface area contributed by atoms with Crippen LogP contribution in [-0.2, 0) is 11.8 Å². The van der Waals surface area contributed by atoms with Gasteiger partial charge in [0.1, 0.15) is 6.04 Å². The molecule has 0 aromatic carbocycles. The Balaban J connectivity index is 1.84. The summed E-state index contributed by atoms with van der Waals surface area (Å²) in [7, 11) is 3.90. The Hall–Kier alpha value is -1.40. The van der Waals surface area contributed by atoms with Gasteiger partial charge in [0.15, 0.2) is 0 Å². The molecule has 2 unspecified atom stereocenters. The number of aryl methyl sites for hydroxylation is 1. The Morgan fingerprint density at radius 3 is 3.00 bits per heavy atom. The molecule has 1 saturated heterocycles. The van der Waals surface area contributed by atoms with Gasteiger partial charge in [-0.1, -0.05) is 0 Å². The third kappa shape index (κ3) is 2.88. The molecular formula is C12H21N5O. The van der Waals surface area contributed by atoms with Crippen molar-refractivity contribution in [1.82, 2.24) is 20.0 Å². The van der Waals surface area contributed by atoms with E-state index >= 15 is 0 Å². The minimum atomic E-state index is -0.634. The predicted molar refractivity (Wildman–Crippen MR) is 68.8 cm³/mol. The lowest BCUT2D eigenvalue weighted by Gasteiger charge is -2.20. The Bertz CT molecular complexity index is 416. The molecule has 1 aliphatic rings. The number of carbonyl (C=O) groups excluding carboxylic acids is 1. The molecule has 1 aromatic heterocycles. The van der Waals surface area contributed by atoms with Gasteiger partial charge in [-0.2, -0.15) is 5.10 Å². The predicted octanol–water partition coefficient (Wildman–Crippen LogP) is -0.370. The van der Waals surface area contributed by atoms with Crippen LogP contribution in [0.5, 0.6) is 0 Å². The molecule has 100 valence electrons. The van der Waals surface area contributed by atoms with Crippen LogP contribution in [0.25, 0.3) is 0 Å². The van der Waals surface area contributed by atoms with Gasteiger partial charge in [0, 0.05) is 31.4 Å². The minimum absolute atomic E-state index is 0.136. The van der Waals surface area contributed by atoms with Gasteiger partial charge in [-0.15, -0.1) is 0 Å². The number of amides is 1. The van der Waals surface area contributed by atoms with Crippen LogP contribution in [0, 0.1) is 0 Å². The number of rotatable bonds is 4. The quantitative estimate of drug-likeness (QED) is 0.765. The summed E-state index contributed by atoms with van der Waals surface area (Å²) in [6.45, 7) is 1.78. The zero-order chi connectivity index (χ0) is 13.1. The van der Waals surface area contributed by atoms with Crippen molar-refractivity contribution in [2.75, 3.05) is 20.1 Å². The average molecular weight is 251 g/mol. The third-order valence-electron chi connectivity index (χ3n) is 3.55. The summed E-state index contributed by atoms with van der Waals surface area (Å²) in [6, 6.07) is -0.194. The van der Waals surface area contributed by atoms with Crippen LogP contribution in [-0.4, -0.2) is 46.8 Å². The molecule has 1 aliphatic heterocycles. The molecule has 1 amide bonds. The number of hydrogen-bond donors (Lipinski definition) is 2. The van der Waals surface area contributed by atoms with Crippen LogP contribution in [0.4, 0.5) is 0 Å². The van der Waals surface area contributed by atoms with Gasteiger partial charge in [0.05, 0.1) is 6.20 Å². The molecule has 3 N–H and O–H groups in total. The fourth-order valence-electron chi connectivity index (χ4n) is 2.32. The van der Waals surface area contributed by atoms with Gasteiger partial charge < -0.3 is 16.0 Å². The van der Waals surface area contributed by atoms with Crippen LogP contribution in [0.3, 0.4) is 0 Å². The van der Waals surface area contributed by atoms with Gasteiger partial charge in [-0.3, -0.25) is 9.48 Å². The second-order valence-electron chi connectivity index (χ2n) is 4.95. The van der Waals surface area contributed by atoms with Crippen molar-refractivity contribution in [3.63, 3.8) is 0 Å². The van der Waals surface area contributed by atoms with Gasteiger partial charge >= 0.3 is 0 Å². The number of likely N-dealkylation sites (N-methyl/N-ethyl adjacent to an activating group) is 1. The lowest BCUT2D eigenvalue weighted by atomic mass is 10.1. The monoisotopic (exact) mass is 251 g/mol. The number of carbonyl (C=O) groups is 1. The smallest absolute Gasteiger partial charge is 0.241 e. The lowest BCUT2D eigenvalue weighted by Crippen LogP contribution is -2.41. The molecule has 18 heavy (non-hydrogen) atoms. The first-order chi connectivity index (χ1) is 8.58. The normalized spacial score (nSPS) is 22.1. The van der Waals surface area contributed by atoms with E-state index in [4.69, 9.17) is 5.73 Å². The van der Waals surface area contributed by atoms with Gasteiger partial charge in [-0.05, 0) is 26.4 Å². The summed E-state index contributed by atoms with van der Waals surface area (Å²) in [6.07, 6.45) is 5.74. The summed E-state index contributed by atoms with van der Waals surface area (Å²) in [5.74, 6) is -0.136. The molecule has 0 radical (unpaired) electrons. The lowest BCUT2D eigenvalue weighted by molar-refractivity contribution is -0.122. The SMILES string of the molecule is CN1CCCC1CNC(=O)C(N)c1cnn(C)c1. The van der Waals surface area contributed by atoms with E-state index in [9.17, 15) is 4.79 Å². The van der Waals surface area contributed by atoms with E-state index in [2.05, 4.69) is 22.4 Å². The first-order valence-corrected chi connectivity index (χ1v) is 6.30. The second kappa shape index (κ2) is 5.49. The van der Waals surface area contributed by atoms with E-state index in [-0.39, 0.29) is 5.91 Å². The van der Waals surface area contributed by atoms with Crippen LogP contribution in [0.15, 0.2) is 12.4 Å². The van der Waals surface area contributed by atoms with E-state index in [1.807, 2.05) is 7.05 Å². The molecule has 0 bridgehead atoms. The van der Waals surface area contributed by atoms with E-state index < -0.39 is 6.04 Å².